The lowest BCUT2D eigenvalue weighted by atomic mass is 10.1. The van der Waals surface area contributed by atoms with E-state index in [2.05, 4.69) is 5.32 Å². The molecule has 29 heavy (non-hydrogen) atoms. The van der Waals surface area contributed by atoms with E-state index < -0.39 is 0 Å². The standard InChI is InChI=1S/C23H22Cl3NO2/c1-28-23-12-17(14-27-11-10-16-2-6-19(24)7-3-16)4-9-22(23)29-15-18-5-8-20(25)13-21(18)26/h2-9,12-13,27H,10-11,14-15H2,1H3. The third-order valence-electron chi connectivity index (χ3n) is 4.46. The predicted molar refractivity (Wildman–Crippen MR) is 121 cm³/mol. The van der Waals surface area contributed by atoms with E-state index in [-0.39, 0.29) is 0 Å². The molecule has 0 aliphatic heterocycles. The molecule has 0 fully saturated rings. The second-order valence-electron chi connectivity index (χ2n) is 6.56. The number of benzene rings is 3. The van der Waals surface area contributed by atoms with Gasteiger partial charge in [0.25, 0.3) is 0 Å². The monoisotopic (exact) mass is 449 g/mol. The van der Waals surface area contributed by atoms with Crippen LogP contribution in [0.5, 0.6) is 11.5 Å². The summed E-state index contributed by atoms with van der Waals surface area (Å²) >= 11 is 18.1. The Morgan fingerprint density at radius 3 is 2.24 bits per heavy atom. The van der Waals surface area contributed by atoms with E-state index in [0.29, 0.717) is 28.2 Å². The molecule has 0 saturated carbocycles. The van der Waals surface area contributed by atoms with Gasteiger partial charge in [-0.15, -0.1) is 0 Å². The second kappa shape index (κ2) is 10.7. The molecular weight excluding hydrogens is 429 g/mol. The van der Waals surface area contributed by atoms with Gasteiger partial charge < -0.3 is 14.8 Å². The van der Waals surface area contributed by atoms with Crippen LogP contribution < -0.4 is 14.8 Å². The second-order valence-corrected chi connectivity index (χ2v) is 7.84. The number of rotatable bonds is 9. The maximum atomic E-state index is 6.21. The molecule has 0 aliphatic rings. The lowest BCUT2D eigenvalue weighted by Gasteiger charge is -2.13. The summed E-state index contributed by atoms with van der Waals surface area (Å²) < 4.78 is 11.4. The van der Waals surface area contributed by atoms with Crippen molar-refractivity contribution < 1.29 is 9.47 Å². The minimum absolute atomic E-state index is 0.338. The van der Waals surface area contributed by atoms with E-state index in [1.165, 1.54) is 5.56 Å². The summed E-state index contributed by atoms with van der Waals surface area (Å²) in [6.45, 7) is 1.95. The van der Waals surface area contributed by atoms with Crippen molar-refractivity contribution in [1.82, 2.24) is 5.32 Å². The lowest BCUT2D eigenvalue weighted by Crippen LogP contribution is -2.16. The van der Waals surface area contributed by atoms with Crippen LogP contribution in [0.2, 0.25) is 15.1 Å². The summed E-state index contributed by atoms with van der Waals surface area (Å²) in [6.07, 6.45) is 0.942. The van der Waals surface area contributed by atoms with Gasteiger partial charge >= 0.3 is 0 Å². The molecule has 6 heteroatoms. The summed E-state index contributed by atoms with van der Waals surface area (Å²) in [7, 11) is 1.63. The Labute approximate surface area is 186 Å². The fourth-order valence-corrected chi connectivity index (χ4v) is 3.44. The van der Waals surface area contributed by atoms with Crippen LogP contribution in [0, 0.1) is 0 Å². The van der Waals surface area contributed by atoms with Crippen molar-refractivity contribution in [2.24, 2.45) is 0 Å². The van der Waals surface area contributed by atoms with Crippen LogP contribution in [0.3, 0.4) is 0 Å². The molecule has 0 spiro atoms. The van der Waals surface area contributed by atoms with Crippen molar-refractivity contribution in [2.45, 2.75) is 19.6 Å². The van der Waals surface area contributed by atoms with Gasteiger partial charge in [-0.3, -0.25) is 0 Å². The highest BCUT2D eigenvalue weighted by Gasteiger charge is 2.08. The molecule has 0 radical (unpaired) electrons. The normalized spacial score (nSPS) is 10.8. The molecule has 0 saturated heterocycles. The van der Waals surface area contributed by atoms with Crippen molar-refractivity contribution in [3.8, 4) is 11.5 Å². The molecule has 0 amide bonds. The van der Waals surface area contributed by atoms with Crippen molar-refractivity contribution in [3.63, 3.8) is 0 Å². The minimum atomic E-state index is 0.338. The molecule has 0 aliphatic carbocycles. The average molecular weight is 451 g/mol. The highest BCUT2D eigenvalue weighted by Crippen LogP contribution is 2.30. The van der Waals surface area contributed by atoms with Crippen LogP contribution in [-0.2, 0) is 19.6 Å². The van der Waals surface area contributed by atoms with Gasteiger partial charge in [-0.25, -0.2) is 0 Å². The minimum Gasteiger partial charge on any atom is -0.493 e. The Bertz CT molecular complexity index is 945. The number of halogens is 3. The fraction of sp³-hybridized carbons (Fsp3) is 0.217. The van der Waals surface area contributed by atoms with Gasteiger partial charge in [-0.2, -0.15) is 0 Å². The van der Waals surface area contributed by atoms with Crippen LogP contribution in [0.1, 0.15) is 16.7 Å². The molecule has 0 aromatic heterocycles. The van der Waals surface area contributed by atoms with Crippen LogP contribution in [0.15, 0.2) is 60.7 Å². The molecular formula is C23H22Cl3NO2. The highest BCUT2D eigenvalue weighted by molar-refractivity contribution is 6.35. The van der Waals surface area contributed by atoms with E-state index in [9.17, 15) is 0 Å². The number of ether oxygens (including phenoxy) is 2. The lowest BCUT2D eigenvalue weighted by molar-refractivity contribution is 0.284. The Morgan fingerprint density at radius 2 is 1.52 bits per heavy atom. The molecule has 1 N–H and O–H groups in total. The molecule has 152 valence electrons. The Balaban J connectivity index is 1.53. The summed E-state index contributed by atoms with van der Waals surface area (Å²) in [5.74, 6) is 1.36. The van der Waals surface area contributed by atoms with Crippen LogP contribution in [-0.4, -0.2) is 13.7 Å². The van der Waals surface area contributed by atoms with E-state index in [1.54, 1.807) is 19.2 Å². The van der Waals surface area contributed by atoms with Crippen molar-refractivity contribution in [2.75, 3.05) is 13.7 Å². The van der Waals surface area contributed by atoms with Crippen LogP contribution >= 0.6 is 34.8 Å². The SMILES string of the molecule is COc1cc(CNCCc2ccc(Cl)cc2)ccc1OCc1ccc(Cl)cc1Cl. The smallest absolute Gasteiger partial charge is 0.161 e. The van der Waals surface area contributed by atoms with E-state index in [4.69, 9.17) is 44.3 Å². The maximum Gasteiger partial charge on any atom is 0.161 e. The molecule has 3 rings (SSSR count). The zero-order valence-electron chi connectivity index (χ0n) is 16.1. The summed E-state index contributed by atoms with van der Waals surface area (Å²) in [6, 6.07) is 19.2. The van der Waals surface area contributed by atoms with Crippen molar-refractivity contribution in [3.05, 3.63) is 92.4 Å². The first-order chi connectivity index (χ1) is 14.0. The fourth-order valence-electron chi connectivity index (χ4n) is 2.85. The number of methoxy groups -OCH3 is 1. The summed E-state index contributed by atoms with van der Waals surface area (Å²) in [5, 5.41) is 5.39. The van der Waals surface area contributed by atoms with Gasteiger partial charge in [0, 0.05) is 27.2 Å². The molecule has 0 bridgehead atoms. The quantitative estimate of drug-likeness (QED) is 0.374. The van der Waals surface area contributed by atoms with Crippen LogP contribution in [0.25, 0.3) is 0 Å². The first kappa shape index (κ1) is 21.8. The molecule has 3 nitrogen and oxygen atoms in total. The summed E-state index contributed by atoms with van der Waals surface area (Å²) in [5.41, 5.74) is 3.24. The first-order valence-corrected chi connectivity index (χ1v) is 10.4. The number of hydrogen-bond acceptors (Lipinski definition) is 3. The Hall–Kier alpha value is -1.91. The van der Waals surface area contributed by atoms with Gasteiger partial charge in [-0.1, -0.05) is 59.1 Å². The largest absolute Gasteiger partial charge is 0.493 e. The third-order valence-corrected chi connectivity index (χ3v) is 5.30. The Morgan fingerprint density at radius 1 is 0.793 bits per heavy atom. The topological polar surface area (TPSA) is 30.5 Å². The highest BCUT2D eigenvalue weighted by atomic mass is 35.5. The van der Waals surface area contributed by atoms with Gasteiger partial charge in [0.05, 0.1) is 7.11 Å². The Kier molecular flexibility index (Phi) is 8.08. The van der Waals surface area contributed by atoms with Crippen LogP contribution in [0.4, 0.5) is 0 Å². The first-order valence-electron chi connectivity index (χ1n) is 9.24. The molecule has 3 aromatic carbocycles. The number of nitrogens with one attached hydrogen (secondary N) is 1. The zero-order chi connectivity index (χ0) is 20.6. The van der Waals surface area contributed by atoms with Gasteiger partial charge in [0.1, 0.15) is 6.61 Å². The third kappa shape index (κ3) is 6.55. The van der Waals surface area contributed by atoms with E-state index in [0.717, 1.165) is 35.7 Å². The zero-order valence-corrected chi connectivity index (χ0v) is 18.3. The molecule has 0 atom stereocenters. The maximum absolute atomic E-state index is 6.21. The van der Waals surface area contributed by atoms with E-state index >= 15 is 0 Å². The van der Waals surface area contributed by atoms with Crippen molar-refractivity contribution >= 4 is 34.8 Å². The summed E-state index contributed by atoms with van der Waals surface area (Å²) in [4.78, 5) is 0. The number of hydrogen-bond donors (Lipinski definition) is 1. The average Bonchev–Trinajstić information content (AvgIpc) is 2.72. The van der Waals surface area contributed by atoms with Gasteiger partial charge in [-0.05, 0) is 60.5 Å². The van der Waals surface area contributed by atoms with Crippen molar-refractivity contribution in [1.29, 1.82) is 0 Å². The van der Waals surface area contributed by atoms with Gasteiger partial charge in [0.15, 0.2) is 11.5 Å². The predicted octanol–water partition coefficient (Wildman–Crippen LogP) is 6.57. The van der Waals surface area contributed by atoms with Gasteiger partial charge in [0.2, 0.25) is 0 Å². The molecule has 0 unspecified atom stereocenters. The van der Waals surface area contributed by atoms with E-state index in [1.807, 2.05) is 48.5 Å². The molecule has 3 aromatic rings. The molecule has 0 heterocycles.